The third-order valence-electron chi connectivity index (χ3n) is 3.52. The average Bonchev–Trinajstić information content (AvgIpc) is 2.40. The Kier molecular flexibility index (Phi) is 3.85. The summed E-state index contributed by atoms with van der Waals surface area (Å²) in [7, 11) is 0. The Morgan fingerprint density at radius 2 is 1.68 bits per heavy atom. The van der Waals surface area contributed by atoms with Crippen molar-refractivity contribution in [2.45, 2.75) is 27.3 Å². The second-order valence-corrected chi connectivity index (χ2v) is 4.65. The summed E-state index contributed by atoms with van der Waals surface area (Å²) in [4.78, 5) is 30.4. The Bertz CT molecular complexity index is 696. The summed E-state index contributed by atoms with van der Waals surface area (Å²) in [6, 6.07) is 3.79. The molecule has 0 unspecified atom stereocenters. The molecule has 5 heteroatoms. The minimum atomic E-state index is -0.606. The molecule has 102 valence electrons. The molecule has 0 spiro atoms. The molecule has 5 nitrogen and oxygen atoms in total. The second-order valence-electron chi connectivity index (χ2n) is 4.65. The van der Waals surface area contributed by atoms with Crippen molar-refractivity contribution in [1.82, 2.24) is 14.9 Å². The van der Waals surface area contributed by atoms with Crippen molar-refractivity contribution in [2.75, 3.05) is 13.1 Å². The van der Waals surface area contributed by atoms with Crippen LogP contribution in [0.4, 0.5) is 0 Å². The van der Waals surface area contributed by atoms with E-state index in [-0.39, 0.29) is 0 Å². The van der Waals surface area contributed by atoms with Crippen LogP contribution in [-0.4, -0.2) is 28.0 Å². The van der Waals surface area contributed by atoms with Gasteiger partial charge in [-0.05, 0) is 37.2 Å². The summed E-state index contributed by atoms with van der Waals surface area (Å²) in [5, 5.41) is 0. The summed E-state index contributed by atoms with van der Waals surface area (Å²) in [6.45, 7) is 8.88. The molecule has 2 aromatic rings. The Morgan fingerprint density at radius 1 is 1.05 bits per heavy atom. The normalized spacial score (nSPS) is 11.4. The molecule has 0 aliphatic heterocycles. The quantitative estimate of drug-likeness (QED) is 0.817. The van der Waals surface area contributed by atoms with Crippen molar-refractivity contribution in [2.24, 2.45) is 0 Å². The second kappa shape index (κ2) is 5.40. The average molecular weight is 261 g/mol. The number of H-pyrrole nitrogens is 2. The highest BCUT2D eigenvalue weighted by Crippen LogP contribution is 2.19. The first-order valence-electron chi connectivity index (χ1n) is 6.54. The van der Waals surface area contributed by atoms with E-state index in [2.05, 4.69) is 28.7 Å². The summed E-state index contributed by atoms with van der Waals surface area (Å²) in [6.07, 6.45) is 0. The number of fused-ring (bicyclic) bond motifs is 1. The Balaban J connectivity index is 2.64. The molecule has 0 saturated carbocycles. The van der Waals surface area contributed by atoms with Crippen LogP contribution < -0.4 is 11.1 Å². The summed E-state index contributed by atoms with van der Waals surface area (Å²) in [5.41, 5.74) is 2.38. The predicted molar refractivity (Wildman–Crippen MR) is 76.6 cm³/mol. The van der Waals surface area contributed by atoms with Gasteiger partial charge in [-0.1, -0.05) is 19.9 Å². The molecule has 2 rings (SSSR count). The first-order chi connectivity index (χ1) is 9.06. The SMILES string of the molecule is CCN(CC)Cc1c(C)ccc2[nH]c(=O)c(=O)[nH]c12. The molecule has 0 fully saturated rings. The van der Waals surface area contributed by atoms with E-state index in [9.17, 15) is 9.59 Å². The van der Waals surface area contributed by atoms with Gasteiger partial charge in [0.15, 0.2) is 0 Å². The van der Waals surface area contributed by atoms with E-state index in [1.165, 1.54) is 0 Å². The van der Waals surface area contributed by atoms with Gasteiger partial charge in [0.25, 0.3) is 0 Å². The number of hydrogen-bond donors (Lipinski definition) is 2. The smallest absolute Gasteiger partial charge is 0.314 e. The number of aromatic amines is 2. The van der Waals surface area contributed by atoms with E-state index in [0.29, 0.717) is 5.52 Å². The topological polar surface area (TPSA) is 69.0 Å². The molecule has 0 atom stereocenters. The van der Waals surface area contributed by atoms with Crippen molar-refractivity contribution in [3.8, 4) is 0 Å². The zero-order chi connectivity index (χ0) is 14.0. The fourth-order valence-electron chi connectivity index (χ4n) is 2.22. The van der Waals surface area contributed by atoms with E-state index >= 15 is 0 Å². The fourth-order valence-corrected chi connectivity index (χ4v) is 2.22. The number of aryl methyl sites for hydroxylation is 1. The maximum absolute atomic E-state index is 11.5. The molecular formula is C14H19N3O2. The van der Waals surface area contributed by atoms with E-state index in [0.717, 1.165) is 36.3 Å². The van der Waals surface area contributed by atoms with Crippen LogP contribution in [0.25, 0.3) is 11.0 Å². The summed E-state index contributed by atoms with van der Waals surface area (Å²) in [5.74, 6) is 0. The standard InChI is InChI=1S/C14H19N3O2/c1-4-17(5-2)8-10-9(3)6-7-11-12(10)16-14(19)13(18)15-11/h6-7H,4-5,8H2,1-3H3,(H,15,18)(H,16,19). The van der Waals surface area contributed by atoms with Crippen LogP contribution >= 0.6 is 0 Å². The van der Waals surface area contributed by atoms with Crippen molar-refractivity contribution >= 4 is 11.0 Å². The van der Waals surface area contributed by atoms with Crippen LogP contribution in [-0.2, 0) is 6.54 Å². The van der Waals surface area contributed by atoms with Crippen molar-refractivity contribution in [1.29, 1.82) is 0 Å². The molecule has 19 heavy (non-hydrogen) atoms. The Morgan fingerprint density at radius 3 is 2.32 bits per heavy atom. The lowest BCUT2D eigenvalue weighted by Crippen LogP contribution is -2.30. The van der Waals surface area contributed by atoms with Gasteiger partial charge in [-0.25, -0.2) is 0 Å². The van der Waals surface area contributed by atoms with Gasteiger partial charge >= 0.3 is 11.1 Å². The molecule has 0 aliphatic carbocycles. The Hall–Kier alpha value is -1.88. The lowest BCUT2D eigenvalue weighted by Gasteiger charge is -2.20. The van der Waals surface area contributed by atoms with Gasteiger partial charge in [0.2, 0.25) is 0 Å². The third kappa shape index (κ3) is 2.61. The van der Waals surface area contributed by atoms with Gasteiger partial charge in [-0.15, -0.1) is 0 Å². The lowest BCUT2D eigenvalue weighted by atomic mass is 10.1. The van der Waals surface area contributed by atoms with Gasteiger partial charge in [0, 0.05) is 6.54 Å². The minimum absolute atomic E-state index is 0.598. The first kappa shape index (κ1) is 13.5. The summed E-state index contributed by atoms with van der Waals surface area (Å²) >= 11 is 0. The molecule has 1 aromatic heterocycles. The molecule has 0 radical (unpaired) electrons. The maximum Gasteiger partial charge on any atom is 0.314 e. The molecule has 1 heterocycles. The molecule has 0 saturated heterocycles. The molecular weight excluding hydrogens is 242 g/mol. The van der Waals surface area contributed by atoms with Crippen LogP contribution in [0.3, 0.4) is 0 Å². The third-order valence-corrected chi connectivity index (χ3v) is 3.52. The predicted octanol–water partition coefficient (Wildman–Crippen LogP) is 1.37. The molecule has 0 aliphatic rings. The van der Waals surface area contributed by atoms with Crippen molar-refractivity contribution in [3.05, 3.63) is 44.0 Å². The van der Waals surface area contributed by atoms with E-state index < -0.39 is 11.1 Å². The maximum atomic E-state index is 11.5. The number of aromatic nitrogens is 2. The minimum Gasteiger partial charge on any atom is -0.316 e. The van der Waals surface area contributed by atoms with Crippen LogP contribution in [0, 0.1) is 6.92 Å². The molecule has 0 amide bonds. The fraction of sp³-hybridized carbons (Fsp3) is 0.429. The van der Waals surface area contributed by atoms with Crippen LogP contribution in [0.5, 0.6) is 0 Å². The zero-order valence-electron chi connectivity index (χ0n) is 11.5. The highest BCUT2D eigenvalue weighted by molar-refractivity contribution is 5.78. The van der Waals surface area contributed by atoms with Gasteiger partial charge in [0.05, 0.1) is 11.0 Å². The van der Waals surface area contributed by atoms with E-state index in [1.54, 1.807) is 0 Å². The monoisotopic (exact) mass is 261 g/mol. The highest BCUT2D eigenvalue weighted by atomic mass is 16.2. The van der Waals surface area contributed by atoms with Gasteiger partial charge in [-0.3, -0.25) is 14.5 Å². The van der Waals surface area contributed by atoms with Crippen LogP contribution in [0.15, 0.2) is 21.7 Å². The molecule has 2 N–H and O–H groups in total. The number of nitrogens with zero attached hydrogens (tertiary/aromatic N) is 1. The molecule has 0 bridgehead atoms. The number of hydrogen-bond acceptors (Lipinski definition) is 3. The highest BCUT2D eigenvalue weighted by Gasteiger charge is 2.10. The first-order valence-corrected chi connectivity index (χ1v) is 6.54. The van der Waals surface area contributed by atoms with E-state index in [1.807, 2.05) is 19.1 Å². The lowest BCUT2D eigenvalue weighted by molar-refractivity contribution is 0.296. The van der Waals surface area contributed by atoms with Gasteiger partial charge < -0.3 is 9.97 Å². The van der Waals surface area contributed by atoms with E-state index in [4.69, 9.17) is 0 Å². The van der Waals surface area contributed by atoms with Gasteiger partial charge in [-0.2, -0.15) is 0 Å². The zero-order valence-corrected chi connectivity index (χ0v) is 11.5. The number of rotatable bonds is 4. The number of benzene rings is 1. The van der Waals surface area contributed by atoms with Crippen molar-refractivity contribution in [3.63, 3.8) is 0 Å². The molecule has 1 aromatic carbocycles. The van der Waals surface area contributed by atoms with Crippen LogP contribution in [0.2, 0.25) is 0 Å². The van der Waals surface area contributed by atoms with Gasteiger partial charge in [0.1, 0.15) is 0 Å². The summed E-state index contributed by atoms with van der Waals surface area (Å²) < 4.78 is 0. The van der Waals surface area contributed by atoms with Crippen molar-refractivity contribution < 1.29 is 0 Å². The number of nitrogens with one attached hydrogen (secondary N) is 2. The largest absolute Gasteiger partial charge is 0.316 e. The Labute approximate surface area is 111 Å². The van der Waals surface area contributed by atoms with Crippen LogP contribution in [0.1, 0.15) is 25.0 Å².